The fourth-order valence-electron chi connectivity index (χ4n) is 3.14. The molecular weight excluding hydrogens is 415 g/mol. The lowest BCUT2D eigenvalue weighted by molar-refractivity contribution is -0.137. The van der Waals surface area contributed by atoms with Gasteiger partial charge in [0.25, 0.3) is 10.0 Å². The molecule has 0 saturated carbocycles. The molecule has 0 atom stereocenters. The summed E-state index contributed by atoms with van der Waals surface area (Å²) in [6, 6.07) is 14.1. The highest BCUT2D eigenvalue weighted by atomic mass is 32.2. The van der Waals surface area contributed by atoms with Crippen LogP contribution < -0.4 is 4.72 Å². The Kier molecular flexibility index (Phi) is 4.77. The molecular formula is C21H16F3N3O2S. The summed E-state index contributed by atoms with van der Waals surface area (Å²) < 4.78 is 69.6. The van der Waals surface area contributed by atoms with E-state index in [-0.39, 0.29) is 16.1 Å². The molecule has 2 aromatic heterocycles. The quantitative estimate of drug-likeness (QED) is 0.491. The van der Waals surface area contributed by atoms with Gasteiger partial charge in [0.05, 0.1) is 16.1 Å². The number of aromatic nitrogens is 2. The Morgan fingerprint density at radius 1 is 0.967 bits per heavy atom. The van der Waals surface area contributed by atoms with Gasteiger partial charge in [-0.05, 0) is 48.0 Å². The standard InChI is InChI=1S/C21H16F3N3O2S/c1-27-8-7-14-9-16(13-25-20(14)27)15-10-17(21(22,23)24)12-18(11-15)26-30(28,29)19-5-3-2-4-6-19/h2-13,26H,1H3. The summed E-state index contributed by atoms with van der Waals surface area (Å²) in [6.45, 7) is 0. The van der Waals surface area contributed by atoms with Gasteiger partial charge in [-0.2, -0.15) is 13.2 Å². The number of hydrogen-bond donors (Lipinski definition) is 1. The first-order valence-corrected chi connectivity index (χ1v) is 10.3. The van der Waals surface area contributed by atoms with E-state index < -0.39 is 21.8 Å². The normalized spacial score (nSPS) is 12.3. The maximum Gasteiger partial charge on any atom is 0.416 e. The van der Waals surface area contributed by atoms with E-state index in [1.807, 2.05) is 7.05 Å². The van der Waals surface area contributed by atoms with Gasteiger partial charge in [-0.25, -0.2) is 13.4 Å². The number of alkyl halides is 3. The van der Waals surface area contributed by atoms with Gasteiger partial charge in [0.2, 0.25) is 0 Å². The summed E-state index contributed by atoms with van der Waals surface area (Å²) in [6.07, 6.45) is -1.38. The Hall–Kier alpha value is -3.33. The second-order valence-electron chi connectivity index (χ2n) is 6.78. The molecule has 154 valence electrons. The summed E-state index contributed by atoms with van der Waals surface area (Å²) in [5.74, 6) is 0. The molecule has 2 aromatic carbocycles. The Labute approximate surface area is 170 Å². The molecule has 2 heterocycles. The Bertz CT molecular complexity index is 1330. The molecule has 0 aliphatic heterocycles. The number of nitrogens with one attached hydrogen (secondary N) is 1. The number of anilines is 1. The fraction of sp³-hybridized carbons (Fsp3) is 0.0952. The van der Waals surface area contributed by atoms with E-state index in [0.29, 0.717) is 11.2 Å². The van der Waals surface area contributed by atoms with Crippen LogP contribution in [0.4, 0.5) is 18.9 Å². The lowest BCUT2D eigenvalue weighted by Gasteiger charge is -2.14. The highest BCUT2D eigenvalue weighted by molar-refractivity contribution is 7.92. The van der Waals surface area contributed by atoms with E-state index in [1.54, 1.807) is 29.0 Å². The van der Waals surface area contributed by atoms with E-state index >= 15 is 0 Å². The monoisotopic (exact) mass is 431 g/mol. The van der Waals surface area contributed by atoms with E-state index in [2.05, 4.69) is 9.71 Å². The summed E-state index contributed by atoms with van der Waals surface area (Å²) in [5.41, 5.74) is 0.195. The molecule has 0 unspecified atom stereocenters. The molecule has 5 nitrogen and oxygen atoms in total. The van der Waals surface area contributed by atoms with Crippen molar-refractivity contribution < 1.29 is 21.6 Å². The molecule has 0 bridgehead atoms. The number of pyridine rings is 1. The van der Waals surface area contributed by atoms with Crippen LogP contribution in [0.5, 0.6) is 0 Å². The summed E-state index contributed by atoms with van der Waals surface area (Å²) in [4.78, 5) is 4.26. The van der Waals surface area contributed by atoms with Crippen molar-refractivity contribution >= 4 is 26.7 Å². The number of aryl methyl sites for hydroxylation is 1. The molecule has 0 radical (unpaired) electrons. The summed E-state index contributed by atoms with van der Waals surface area (Å²) in [7, 11) is -2.23. The molecule has 0 aliphatic rings. The van der Waals surface area contributed by atoms with Gasteiger partial charge < -0.3 is 4.57 Å². The zero-order valence-electron chi connectivity index (χ0n) is 15.7. The molecule has 0 amide bonds. The van der Waals surface area contributed by atoms with Crippen LogP contribution >= 0.6 is 0 Å². The zero-order chi connectivity index (χ0) is 21.5. The van der Waals surface area contributed by atoms with Crippen molar-refractivity contribution in [3.05, 3.63) is 78.6 Å². The van der Waals surface area contributed by atoms with E-state index in [4.69, 9.17) is 0 Å². The third kappa shape index (κ3) is 3.88. The Morgan fingerprint density at radius 3 is 2.40 bits per heavy atom. The average Bonchev–Trinajstić information content (AvgIpc) is 3.08. The number of hydrogen-bond acceptors (Lipinski definition) is 3. The molecule has 4 aromatic rings. The van der Waals surface area contributed by atoms with Crippen LogP contribution in [0.25, 0.3) is 22.2 Å². The summed E-state index contributed by atoms with van der Waals surface area (Å²) in [5, 5.41) is 0.763. The zero-order valence-corrected chi connectivity index (χ0v) is 16.5. The highest BCUT2D eigenvalue weighted by Crippen LogP contribution is 2.36. The number of rotatable bonds is 4. The third-order valence-corrected chi connectivity index (χ3v) is 6.00. The lowest BCUT2D eigenvalue weighted by atomic mass is 10.0. The molecule has 0 saturated heterocycles. The van der Waals surface area contributed by atoms with Crippen LogP contribution in [0.3, 0.4) is 0 Å². The predicted octanol–water partition coefficient (Wildman–Crippen LogP) is 5.06. The SMILES string of the molecule is Cn1ccc2cc(-c3cc(NS(=O)(=O)c4ccccc4)cc(C(F)(F)F)c3)cnc21. The van der Waals surface area contributed by atoms with Crippen LogP contribution in [0.1, 0.15) is 5.56 Å². The van der Waals surface area contributed by atoms with Gasteiger partial charge >= 0.3 is 6.18 Å². The Balaban J connectivity index is 1.81. The average molecular weight is 431 g/mol. The molecule has 0 fully saturated rings. The molecule has 30 heavy (non-hydrogen) atoms. The second-order valence-corrected chi connectivity index (χ2v) is 8.46. The largest absolute Gasteiger partial charge is 0.416 e. The number of fused-ring (bicyclic) bond motifs is 1. The topological polar surface area (TPSA) is 64.0 Å². The van der Waals surface area contributed by atoms with Crippen molar-refractivity contribution in [3.63, 3.8) is 0 Å². The van der Waals surface area contributed by atoms with Gasteiger partial charge in [0, 0.05) is 30.4 Å². The molecule has 4 rings (SSSR count). The van der Waals surface area contributed by atoms with Crippen LogP contribution in [0.15, 0.2) is 78.0 Å². The smallest absolute Gasteiger partial charge is 0.336 e. The van der Waals surface area contributed by atoms with Crippen molar-refractivity contribution in [2.75, 3.05) is 4.72 Å². The molecule has 0 spiro atoms. The van der Waals surface area contributed by atoms with Crippen molar-refractivity contribution in [1.82, 2.24) is 9.55 Å². The van der Waals surface area contributed by atoms with E-state index in [0.717, 1.165) is 17.5 Å². The van der Waals surface area contributed by atoms with Crippen LogP contribution in [0.2, 0.25) is 0 Å². The number of benzene rings is 2. The minimum absolute atomic E-state index is 0.0451. The van der Waals surface area contributed by atoms with Crippen molar-refractivity contribution in [1.29, 1.82) is 0 Å². The third-order valence-electron chi connectivity index (χ3n) is 4.61. The molecule has 9 heteroatoms. The van der Waals surface area contributed by atoms with E-state index in [1.165, 1.54) is 36.5 Å². The van der Waals surface area contributed by atoms with Gasteiger partial charge in [-0.3, -0.25) is 4.72 Å². The van der Waals surface area contributed by atoms with Gasteiger partial charge in [-0.1, -0.05) is 18.2 Å². The second kappa shape index (κ2) is 7.17. The number of sulfonamides is 1. The first kappa shape index (κ1) is 20.0. The number of nitrogens with zero attached hydrogens (tertiary/aromatic N) is 2. The maximum atomic E-state index is 13.5. The summed E-state index contributed by atoms with van der Waals surface area (Å²) >= 11 is 0. The van der Waals surface area contributed by atoms with E-state index in [9.17, 15) is 21.6 Å². The predicted molar refractivity (Wildman–Crippen MR) is 108 cm³/mol. The van der Waals surface area contributed by atoms with Crippen LogP contribution in [-0.4, -0.2) is 18.0 Å². The number of halogens is 3. The maximum absolute atomic E-state index is 13.5. The minimum Gasteiger partial charge on any atom is -0.336 e. The fourth-order valence-corrected chi connectivity index (χ4v) is 4.20. The lowest BCUT2D eigenvalue weighted by Crippen LogP contribution is -2.14. The first-order chi connectivity index (χ1) is 14.1. The molecule has 0 aliphatic carbocycles. The van der Waals surface area contributed by atoms with Crippen molar-refractivity contribution in [3.8, 4) is 11.1 Å². The van der Waals surface area contributed by atoms with Gasteiger partial charge in [-0.15, -0.1) is 0 Å². The van der Waals surface area contributed by atoms with Crippen LogP contribution in [-0.2, 0) is 23.2 Å². The first-order valence-electron chi connectivity index (χ1n) is 8.85. The van der Waals surface area contributed by atoms with Crippen molar-refractivity contribution in [2.24, 2.45) is 7.05 Å². The minimum atomic E-state index is -4.65. The van der Waals surface area contributed by atoms with Gasteiger partial charge in [0.1, 0.15) is 5.65 Å². The van der Waals surface area contributed by atoms with Crippen LogP contribution in [0, 0.1) is 0 Å². The van der Waals surface area contributed by atoms with Crippen molar-refractivity contribution in [2.45, 2.75) is 11.1 Å². The Morgan fingerprint density at radius 2 is 1.70 bits per heavy atom. The molecule has 1 N–H and O–H groups in total. The van der Waals surface area contributed by atoms with Gasteiger partial charge in [0.15, 0.2) is 0 Å². The highest BCUT2D eigenvalue weighted by Gasteiger charge is 2.32.